The van der Waals surface area contributed by atoms with Crippen molar-refractivity contribution in [2.75, 3.05) is 37.4 Å². The highest BCUT2D eigenvalue weighted by Gasteiger charge is 2.32. The molecule has 2 heterocycles. The van der Waals surface area contributed by atoms with Crippen LogP contribution in [0.15, 0.2) is 85.2 Å². The van der Waals surface area contributed by atoms with Crippen LogP contribution in [0, 0.1) is 5.92 Å². The van der Waals surface area contributed by atoms with E-state index in [9.17, 15) is 19.5 Å². The van der Waals surface area contributed by atoms with Gasteiger partial charge < -0.3 is 30.3 Å². The molecular formula is C34H37N5O5. The van der Waals surface area contributed by atoms with E-state index in [4.69, 9.17) is 4.74 Å². The first-order chi connectivity index (χ1) is 21.2. The van der Waals surface area contributed by atoms with Gasteiger partial charge in [0.2, 0.25) is 5.91 Å². The van der Waals surface area contributed by atoms with Crippen molar-refractivity contribution in [2.24, 2.45) is 5.92 Å². The van der Waals surface area contributed by atoms with Crippen LogP contribution in [0.1, 0.15) is 29.8 Å². The standard InChI is InChI=1S/C34H37N5O5/c1-22-19-39(23(2)21-40)32(41)18-26-17-27(36-33(42)25-13-15-35-16-14-25)11-12-30(26)44-31(22)20-38(3)34(43)37-29-10-6-8-24-7-4-5-9-28(24)29/h4-17,22-23,31,40H,18-21H2,1-3H3,(H,36,42)(H,37,43)/t22-,23+,31-/m1/s1. The predicted octanol–water partition coefficient (Wildman–Crippen LogP) is 4.80. The van der Waals surface area contributed by atoms with Crippen molar-refractivity contribution < 1.29 is 24.2 Å². The molecule has 5 rings (SSSR count). The van der Waals surface area contributed by atoms with Crippen molar-refractivity contribution in [3.05, 3.63) is 96.3 Å². The number of carbonyl (C=O) groups excluding carboxylic acids is 3. The summed E-state index contributed by atoms with van der Waals surface area (Å²) in [5.41, 5.74) is 2.28. The minimum absolute atomic E-state index is 0.0233. The van der Waals surface area contributed by atoms with E-state index in [0.29, 0.717) is 34.8 Å². The number of fused-ring (bicyclic) bond motifs is 2. The summed E-state index contributed by atoms with van der Waals surface area (Å²) in [4.78, 5) is 46.8. The third kappa shape index (κ3) is 6.98. The molecule has 1 aliphatic rings. The lowest BCUT2D eigenvalue weighted by molar-refractivity contribution is -0.134. The second kappa shape index (κ2) is 13.6. The number of amides is 4. The van der Waals surface area contributed by atoms with Gasteiger partial charge >= 0.3 is 6.03 Å². The van der Waals surface area contributed by atoms with E-state index >= 15 is 0 Å². The molecule has 4 amide bonds. The van der Waals surface area contributed by atoms with Gasteiger partial charge in [-0.2, -0.15) is 0 Å². The lowest BCUT2D eigenvalue weighted by Crippen LogP contribution is -2.48. The topological polar surface area (TPSA) is 124 Å². The monoisotopic (exact) mass is 595 g/mol. The van der Waals surface area contributed by atoms with Crippen LogP contribution >= 0.6 is 0 Å². The predicted molar refractivity (Wildman–Crippen MR) is 170 cm³/mol. The molecule has 4 aromatic rings. The molecule has 228 valence electrons. The number of pyridine rings is 1. The SMILES string of the molecule is C[C@@H]1CN([C@@H](C)CO)C(=O)Cc2cc(NC(=O)c3ccncc3)ccc2O[C@@H]1CN(C)C(=O)Nc1cccc2ccccc12. The van der Waals surface area contributed by atoms with Crippen LogP contribution in [-0.2, 0) is 11.2 Å². The second-order valence-electron chi connectivity index (χ2n) is 11.2. The zero-order chi connectivity index (χ0) is 31.2. The number of nitrogens with one attached hydrogen (secondary N) is 2. The van der Waals surface area contributed by atoms with Gasteiger partial charge in [-0.05, 0) is 48.7 Å². The minimum Gasteiger partial charge on any atom is -0.488 e. The molecule has 3 aromatic carbocycles. The van der Waals surface area contributed by atoms with E-state index in [2.05, 4.69) is 15.6 Å². The van der Waals surface area contributed by atoms with Gasteiger partial charge in [-0.15, -0.1) is 0 Å². The number of anilines is 2. The van der Waals surface area contributed by atoms with Crippen LogP contribution in [0.3, 0.4) is 0 Å². The highest BCUT2D eigenvalue weighted by atomic mass is 16.5. The number of hydrogen-bond acceptors (Lipinski definition) is 6. The Morgan fingerprint density at radius 2 is 1.82 bits per heavy atom. The Kier molecular flexibility index (Phi) is 9.40. The first kappa shape index (κ1) is 30.5. The summed E-state index contributed by atoms with van der Waals surface area (Å²) in [5.74, 6) is -0.150. The Morgan fingerprint density at radius 1 is 1.07 bits per heavy atom. The van der Waals surface area contributed by atoms with Crippen LogP contribution in [0.5, 0.6) is 5.75 Å². The summed E-state index contributed by atoms with van der Waals surface area (Å²) < 4.78 is 6.54. The lowest BCUT2D eigenvalue weighted by atomic mass is 10.0. The number of hydrogen-bond donors (Lipinski definition) is 3. The van der Waals surface area contributed by atoms with Crippen molar-refractivity contribution in [1.29, 1.82) is 0 Å². The van der Waals surface area contributed by atoms with Crippen molar-refractivity contribution in [2.45, 2.75) is 32.4 Å². The van der Waals surface area contributed by atoms with Gasteiger partial charge in [0.25, 0.3) is 5.91 Å². The molecule has 10 nitrogen and oxygen atoms in total. The molecule has 0 fully saturated rings. The molecule has 0 spiro atoms. The van der Waals surface area contributed by atoms with Gasteiger partial charge in [0, 0.05) is 54.1 Å². The number of rotatable bonds is 7. The van der Waals surface area contributed by atoms with E-state index in [1.54, 1.807) is 66.5 Å². The van der Waals surface area contributed by atoms with Gasteiger partial charge in [0.15, 0.2) is 0 Å². The number of ether oxygens (including phenoxy) is 1. The molecule has 3 atom stereocenters. The molecule has 10 heteroatoms. The Labute approximate surface area is 256 Å². The van der Waals surface area contributed by atoms with Crippen molar-refractivity contribution in [1.82, 2.24) is 14.8 Å². The Balaban J connectivity index is 1.39. The normalized spacial score (nSPS) is 17.4. The Morgan fingerprint density at radius 3 is 2.59 bits per heavy atom. The fourth-order valence-electron chi connectivity index (χ4n) is 5.33. The Bertz CT molecular complexity index is 1640. The fraction of sp³-hybridized carbons (Fsp3) is 0.294. The third-order valence-corrected chi connectivity index (χ3v) is 7.95. The van der Waals surface area contributed by atoms with Gasteiger partial charge in [0.1, 0.15) is 11.9 Å². The van der Waals surface area contributed by atoms with Gasteiger partial charge in [-0.3, -0.25) is 14.6 Å². The number of benzene rings is 3. The maximum Gasteiger partial charge on any atom is 0.321 e. The average Bonchev–Trinajstić information content (AvgIpc) is 3.08. The molecule has 0 saturated carbocycles. The molecular weight excluding hydrogens is 558 g/mol. The van der Waals surface area contributed by atoms with Crippen LogP contribution in [0.2, 0.25) is 0 Å². The summed E-state index contributed by atoms with van der Waals surface area (Å²) in [7, 11) is 1.71. The molecule has 3 N–H and O–H groups in total. The van der Waals surface area contributed by atoms with Crippen molar-refractivity contribution in [3.63, 3.8) is 0 Å². The van der Waals surface area contributed by atoms with E-state index in [-0.39, 0.29) is 43.3 Å². The summed E-state index contributed by atoms with van der Waals surface area (Å²) in [6.45, 7) is 4.16. The molecule has 1 aromatic heterocycles. The number of carbonyl (C=O) groups is 3. The van der Waals surface area contributed by atoms with Crippen molar-refractivity contribution in [3.8, 4) is 5.75 Å². The number of aromatic nitrogens is 1. The van der Waals surface area contributed by atoms with Crippen LogP contribution in [-0.4, -0.2) is 76.6 Å². The van der Waals surface area contributed by atoms with Crippen LogP contribution < -0.4 is 15.4 Å². The van der Waals surface area contributed by atoms with Crippen LogP contribution in [0.4, 0.5) is 16.2 Å². The third-order valence-electron chi connectivity index (χ3n) is 7.95. The number of urea groups is 1. The first-order valence-corrected chi connectivity index (χ1v) is 14.6. The zero-order valence-corrected chi connectivity index (χ0v) is 25.1. The lowest BCUT2D eigenvalue weighted by Gasteiger charge is -2.34. The molecule has 0 bridgehead atoms. The summed E-state index contributed by atoms with van der Waals surface area (Å²) >= 11 is 0. The van der Waals surface area contributed by atoms with Crippen molar-refractivity contribution >= 4 is 40.0 Å². The van der Waals surface area contributed by atoms with E-state index in [0.717, 1.165) is 10.8 Å². The van der Waals surface area contributed by atoms with E-state index in [1.165, 1.54) is 0 Å². The summed E-state index contributed by atoms with van der Waals surface area (Å²) in [6.07, 6.45) is 2.63. The molecule has 0 aliphatic carbocycles. The maximum absolute atomic E-state index is 13.5. The molecule has 0 saturated heterocycles. The molecule has 0 unspecified atom stereocenters. The quantitative estimate of drug-likeness (QED) is 0.282. The molecule has 44 heavy (non-hydrogen) atoms. The number of nitrogens with zero attached hydrogens (tertiary/aromatic N) is 3. The first-order valence-electron chi connectivity index (χ1n) is 14.6. The highest BCUT2D eigenvalue weighted by Crippen LogP contribution is 2.30. The number of aliphatic hydroxyl groups is 1. The number of aliphatic hydroxyl groups excluding tert-OH is 1. The zero-order valence-electron chi connectivity index (χ0n) is 25.1. The largest absolute Gasteiger partial charge is 0.488 e. The molecule has 1 aliphatic heterocycles. The number of likely N-dealkylation sites (N-methyl/N-ethyl adjacent to an activating group) is 1. The summed E-state index contributed by atoms with van der Waals surface area (Å²) in [6, 6.07) is 21.4. The van der Waals surface area contributed by atoms with E-state index in [1.807, 2.05) is 49.4 Å². The molecule has 0 radical (unpaired) electrons. The average molecular weight is 596 g/mol. The summed E-state index contributed by atoms with van der Waals surface area (Å²) in [5, 5.41) is 17.8. The van der Waals surface area contributed by atoms with Gasteiger partial charge in [-0.1, -0.05) is 43.3 Å². The van der Waals surface area contributed by atoms with Crippen LogP contribution in [0.25, 0.3) is 10.8 Å². The highest BCUT2D eigenvalue weighted by molar-refractivity contribution is 6.04. The van der Waals surface area contributed by atoms with E-state index < -0.39 is 12.1 Å². The Hall–Kier alpha value is -4.96. The fourth-order valence-corrected chi connectivity index (χ4v) is 5.33. The smallest absolute Gasteiger partial charge is 0.321 e. The van der Waals surface area contributed by atoms with Gasteiger partial charge in [0.05, 0.1) is 31.3 Å². The second-order valence-corrected chi connectivity index (χ2v) is 11.2. The minimum atomic E-state index is -0.478. The van der Waals surface area contributed by atoms with Gasteiger partial charge in [-0.25, -0.2) is 4.79 Å². The maximum atomic E-state index is 13.5.